The Morgan fingerprint density at radius 2 is 2.00 bits per heavy atom. The van der Waals surface area contributed by atoms with Crippen LogP contribution in [-0.2, 0) is 11.3 Å². The number of hydrogen-bond donors (Lipinski definition) is 0. The Morgan fingerprint density at radius 1 is 1.21 bits per heavy atom. The zero-order valence-corrected chi connectivity index (χ0v) is 20.3. The van der Waals surface area contributed by atoms with Crippen molar-refractivity contribution in [1.29, 1.82) is 0 Å². The lowest BCUT2D eigenvalue weighted by molar-refractivity contribution is -0.116. The molecule has 1 amide bonds. The van der Waals surface area contributed by atoms with Gasteiger partial charge < -0.3 is 4.90 Å². The lowest BCUT2D eigenvalue weighted by Crippen LogP contribution is -2.32. The van der Waals surface area contributed by atoms with Crippen molar-refractivity contribution in [2.45, 2.75) is 25.5 Å². The normalized spacial score (nSPS) is 11.0. The second-order valence-corrected chi connectivity index (χ2v) is 9.36. The highest BCUT2D eigenvalue weighted by Crippen LogP contribution is 2.32. The Balaban J connectivity index is 1.66. The molecule has 0 aliphatic rings. The minimum absolute atomic E-state index is 0.0243. The van der Waals surface area contributed by atoms with Crippen LogP contribution in [0.2, 0.25) is 0 Å². The Morgan fingerprint density at radius 3 is 2.70 bits per heavy atom. The predicted molar refractivity (Wildman–Crippen MR) is 139 cm³/mol. The first-order chi connectivity index (χ1) is 16.0. The molecule has 0 aliphatic heterocycles. The van der Waals surface area contributed by atoms with E-state index < -0.39 is 0 Å². The highest BCUT2D eigenvalue weighted by molar-refractivity contribution is 7.99. The van der Waals surface area contributed by atoms with Gasteiger partial charge in [-0.05, 0) is 37.1 Å². The zero-order chi connectivity index (χ0) is 23.4. The standard InChI is InChI=1S/C26H25N3O2S2/c1-4-14-29-25(31)23-21(19-11-7-6-8-12-19)16-32-24(23)27-26(29)33-17-22(30)28(5-2)20-13-9-10-18(3)15-20/h4,6-13,15-16H,1,5,14,17H2,2-3H3. The molecular weight excluding hydrogens is 450 g/mol. The number of benzene rings is 2. The van der Waals surface area contributed by atoms with Crippen molar-refractivity contribution in [3.63, 3.8) is 0 Å². The fourth-order valence-electron chi connectivity index (χ4n) is 3.74. The van der Waals surface area contributed by atoms with E-state index in [1.807, 2.05) is 73.8 Å². The van der Waals surface area contributed by atoms with Crippen LogP contribution >= 0.6 is 23.1 Å². The number of carbonyl (C=O) groups excluding carboxylic acids is 1. The number of thiophene rings is 1. The van der Waals surface area contributed by atoms with E-state index in [9.17, 15) is 9.59 Å². The molecule has 4 aromatic rings. The number of nitrogens with zero attached hydrogens (tertiary/aromatic N) is 3. The van der Waals surface area contributed by atoms with Gasteiger partial charge in [0.1, 0.15) is 4.83 Å². The van der Waals surface area contributed by atoms with Crippen LogP contribution in [0, 0.1) is 6.92 Å². The molecule has 0 saturated carbocycles. The summed E-state index contributed by atoms with van der Waals surface area (Å²) < 4.78 is 1.61. The quantitative estimate of drug-likeness (QED) is 0.185. The fourth-order valence-corrected chi connectivity index (χ4v) is 5.61. The first-order valence-electron chi connectivity index (χ1n) is 10.7. The van der Waals surface area contributed by atoms with Crippen molar-refractivity contribution in [2.24, 2.45) is 0 Å². The summed E-state index contributed by atoms with van der Waals surface area (Å²) in [7, 11) is 0. The first kappa shape index (κ1) is 23.0. The second kappa shape index (κ2) is 10.2. The van der Waals surface area contributed by atoms with Crippen molar-refractivity contribution in [2.75, 3.05) is 17.2 Å². The van der Waals surface area contributed by atoms with E-state index in [-0.39, 0.29) is 17.2 Å². The highest BCUT2D eigenvalue weighted by Gasteiger charge is 2.19. The number of aryl methyl sites for hydroxylation is 1. The molecule has 7 heteroatoms. The van der Waals surface area contributed by atoms with E-state index in [2.05, 4.69) is 6.58 Å². The molecule has 0 unspecified atom stereocenters. The number of rotatable bonds is 8. The zero-order valence-electron chi connectivity index (χ0n) is 18.7. The van der Waals surface area contributed by atoms with Crippen molar-refractivity contribution in [3.05, 3.63) is 88.5 Å². The lowest BCUT2D eigenvalue weighted by atomic mass is 10.1. The average Bonchev–Trinajstić information content (AvgIpc) is 3.25. The Bertz CT molecular complexity index is 1360. The summed E-state index contributed by atoms with van der Waals surface area (Å²) in [6.07, 6.45) is 1.68. The molecule has 0 fully saturated rings. The Hall–Kier alpha value is -3.16. The minimum atomic E-state index is -0.110. The second-order valence-electron chi connectivity index (χ2n) is 7.56. The molecule has 0 aliphatic carbocycles. The van der Waals surface area contributed by atoms with Crippen molar-refractivity contribution >= 4 is 44.9 Å². The molecule has 2 aromatic heterocycles. The number of anilines is 1. The number of fused-ring (bicyclic) bond motifs is 1. The average molecular weight is 476 g/mol. The number of thioether (sulfide) groups is 1. The third-order valence-electron chi connectivity index (χ3n) is 5.31. The van der Waals surface area contributed by atoms with Crippen LogP contribution in [0.4, 0.5) is 5.69 Å². The summed E-state index contributed by atoms with van der Waals surface area (Å²) in [5.74, 6) is 0.164. The molecule has 0 saturated heterocycles. The maximum atomic E-state index is 13.5. The molecule has 5 nitrogen and oxygen atoms in total. The van der Waals surface area contributed by atoms with Crippen LogP contribution in [-0.4, -0.2) is 27.8 Å². The number of amides is 1. The van der Waals surface area contributed by atoms with Crippen LogP contribution in [0.1, 0.15) is 12.5 Å². The van der Waals surface area contributed by atoms with Gasteiger partial charge in [0.25, 0.3) is 5.56 Å². The molecule has 0 spiro atoms. The largest absolute Gasteiger partial charge is 0.312 e. The molecule has 4 rings (SSSR count). The lowest BCUT2D eigenvalue weighted by Gasteiger charge is -2.21. The fraction of sp³-hybridized carbons (Fsp3) is 0.192. The molecule has 168 valence electrons. The third-order valence-corrected chi connectivity index (χ3v) is 7.14. The van der Waals surface area contributed by atoms with Gasteiger partial charge in [-0.15, -0.1) is 17.9 Å². The van der Waals surface area contributed by atoms with Gasteiger partial charge in [0.15, 0.2) is 5.16 Å². The van der Waals surface area contributed by atoms with Crippen LogP contribution in [0.15, 0.2) is 82.6 Å². The molecule has 2 aromatic carbocycles. The van der Waals surface area contributed by atoms with E-state index in [1.54, 1.807) is 15.5 Å². The van der Waals surface area contributed by atoms with Crippen molar-refractivity contribution in [1.82, 2.24) is 9.55 Å². The van der Waals surface area contributed by atoms with E-state index in [1.165, 1.54) is 23.1 Å². The molecule has 0 radical (unpaired) electrons. The van der Waals surface area contributed by atoms with E-state index in [0.29, 0.717) is 28.5 Å². The van der Waals surface area contributed by atoms with E-state index in [4.69, 9.17) is 4.98 Å². The third kappa shape index (κ3) is 4.79. The van der Waals surface area contributed by atoms with Gasteiger partial charge in [-0.1, -0.05) is 60.3 Å². The van der Waals surface area contributed by atoms with Gasteiger partial charge in [0, 0.05) is 29.7 Å². The van der Waals surface area contributed by atoms with Gasteiger partial charge in [0.2, 0.25) is 5.91 Å². The van der Waals surface area contributed by atoms with Crippen LogP contribution in [0.5, 0.6) is 0 Å². The summed E-state index contributed by atoms with van der Waals surface area (Å²) in [5.41, 5.74) is 3.74. The SMILES string of the molecule is C=CCn1c(SCC(=O)N(CC)c2cccc(C)c2)nc2scc(-c3ccccc3)c2c1=O. The first-order valence-corrected chi connectivity index (χ1v) is 12.6. The molecule has 33 heavy (non-hydrogen) atoms. The van der Waals surface area contributed by atoms with Gasteiger partial charge >= 0.3 is 0 Å². The van der Waals surface area contributed by atoms with Gasteiger partial charge in [-0.25, -0.2) is 4.98 Å². The summed E-state index contributed by atoms with van der Waals surface area (Å²) in [4.78, 5) is 33.7. The van der Waals surface area contributed by atoms with Gasteiger partial charge in [-0.2, -0.15) is 0 Å². The van der Waals surface area contributed by atoms with Crippen LogP contribution < -0.4 is 10.5 Å². The number of hydrogen-bond acceptors (Lipinski definition) is 5. The smallest absolute Gasteiger partial charge is 0.263 e. The topological polar surface area (TPSA) is 55.2 Å². The van der Waals surface area contributed by atoms with E-state index in [0.717, 1.165) is 22.4 Å². The summed E-state index contributed by atoms with van der Waals surface area (Å²) in [5, 5.41) is 3.11. The molecule has 0 N–H and O–H groups in total. The van der Waals surface area contributed by atoms with Crippen LogP contribution in [0.3, 0.4) is 0 Å². The van der Waals surface area contributed by atoms with Crippen molar-refractivity contribution in [3.8, 4) is 11.1 Å². The molecule has 0 bridgehead atoms. The number of allylic oxidation sites excluding steroid dienone is 1. The summed E-state index contributed by atoms with van der Waals surface area (Å²) >= 11 is 2.74. The molecular formula is C26H25N3O2S2. The number of carbonyl (C=O) groups is 1. The molecule has 2 heterocycles. The monoisotopic (exact) mass is 475 g/mol. The minimum Gasteiger partial charge on any atom is -0.312 e. The highest BCUT2D eigenvalue weighted by atomic mass is 32.2. The predicted octanol–water partition coefficient (Wildman–Crippen LogP) is 5.76. The van der Waals surface area contributed by atoms with Crippen molar-refractivity contribution < 1.29 is 4.79 Å². The molecule has 0 atom stereocenters. The van der Waals surface area contributed by atoms with Gasteiger partial charge in [-0.3, -0.25) is 14.2 Å². The maximum Gasteiger partial charge on any atom is 0.263 e. The van der Waals surface area contributed by atoms with Crippen LogP contribution in [0.25, 0.3) is 21.3 Å². The Labute approximate surface area is 201 Å². The summed E-state index contributed by atoms with van der Waals surface area (Å²) in [6.45, 7) is 8.67. The number of aromatic nitrogens is 2. The maximum absolute atomic E-state index is 13.5. The van der Waals surface area contributed by atoms with E-state index >= 15 is 0 Å². The summed E-state index contributed by atoms with van der Waals surface area (Å²) in [6, 6.07) is 17.7. The van der Waals surface area contributed by atoms with Gasteiger partial charge in [0.05, 0.1) is 11.1 Å². The Kier molecular flexibility index (Phi) is 7.11.